The zero-order chi connectivity index (χ0) is 13.9. The number of nitrogens with one attached hydrogen (secondary N) is 2. The van der Waals surface area contributed by atoms with Gasteiger partial charge in [-0.1, -0.05) is 42.0 Å². The monoisotopic (exact) mass is 266 g/mol. The molecule has 3 rings (SSSR count). The summed E-state index contributed by atoms with van der Waals surface area (Å²) in [4.78, 5) is 12.4. The first-order chi connectivity index (χ1) is 9.74. The average Bonchev–Trinajstić information content (AvgIpc) is 2.49. The van der Waals surface area contributed by atoms with Gasteiger partial charge in [0.05, 0.1) is 0 Å². The van der Waals surface area contributed by atoms with E-state index in [1.165, 1.54) is 11.1 Å². The van der Waals surface area contributed by atoms with Crippen molar-refractivity contribution in [3.8, 4) is 0 Å². The van der Waals surface area contributed by atoms with Crippen molar-refractivity contribution in [2.75, 3.05) is 11.9 Å². The van der Waals surface area contributed by atoms with E-state index in [1.54, 1.807) is 0 Å². The quantitative estimate of drug-likeness (QED) is 0.877. The van der Waals surface area contributed by atoms with Gasteiger partial charge < -0.3 is 10.6 Å². The number of carbonyl (C=O) groups excluding carboxylic acids is 1. The molecule has 0 fully saturated rings. The van der Waals surface area contributed by atoms with Crippen LogP contribution in [0.4, 0.5) is 5.69 Å². The third kappa shape index (κ3) is 2.58. The smallest absolute Gasteiger partial charge is 0.246 e. The van der Waals surface area contributed by atoms with Crippen molar-refractivity contribution in [3.05, 3.63) is 65.2 Å². The molecule has 0 saturated carbocycles. The van der Waals surface area contributed by atoms with E-state index in [0.29, 0.717) is 0 Å². The molecule has 0 spiro atoms. The summed E-state index contributed by atoms with van der Waals surface area (Å²) >= 11 is 0. The Balaban J connectivity index is 1.80. The van der Waals surface area contributed by atoms with Gasteiger partial charge >= 0.3 is 0 Å². The lowest BCUT2D eigenvalue weighted by molar-refractivity contribution is -0.118. The molecule has 3 nitrogen and oxygen atoms in total. The highest BCUT2D eigenvalue weighted by Crippen LogP contribution is 2.24. The maximum Gasteiger partial charge on any atom is 0.246 e. The molecular formula is C17H18N2O. The highest BCUT2D eigenvalue weighted by Gasteiger charge is 2.25. The summed E-state index contributed by atoms with van der Waals surface area (Å²) in [5.41, 5.74) is 4.37. The van der Waals surface area contributed by atoms with E-state index in [1.807, 2.05) is 49.4 Å². The summed E-state index contributed by atoms with van der Waals surface area (Å²) in [5, 5.41) is 6.27. The zero-order valence-electron chi connectivity index (χ0n) is 11.5. The number of fused-ring (bicyclic) bond motifs is 1. The predicted octanol–water partition coefficient (Wildman–Crippen LogP) is 2.82. The molecule has 0 aliphatic carbocycles. The molecule has 0 aromatic heterocycles. The normalized spacial score (nSPS) is 17.4. The first-order valence-electron chi connectivity index (χ1n) is 6.93. The zero-order valence-corrected chi connectivity index (χ0v) is 11.5. The fourth-order valence-electron chi connectivity index (χ4n) is 2.59. The van der Waals surface area contributed by atoms with E-state index in [4.69, 9.17) is 0 Å². The van der Waals surface area contributed by atoms with Gasteiger partial charge in [-0.3, -0.25) is 4.79 Å². The number of benzene rings is 2. The molecule has 0 bridgehead atoms. The summed E-state index contributed by atoms with van der Waals surface area (Å²) in [5.74, 6) is 0.000929. The summed E-state index contributed by atoms with van der Waals surface area (Å²) in [6.45, 7) is 2.87. The molecule has 1 amide bonds. The Morgan fingerprint density at radius 3 is 2.70 bits per heavy atom. The highest BCUT2D eigenvalue weighted by atomic mass is 16.2. The lowest BCUT2D eigenvalue weighted by atomic mass is 9.94. The van der Waals surface area contributed by atoms with Crippen LogP contribution in [0, 0.1) is 6.92 Å². The first-order valence-corrected chi connectivity index (χ1v) is 6.93. The maximum absolute atomic E-state index is 12.4. The molecule has 1 heterocycles. The molecule has 2 aromatic carbocycles. The first kappa shape index (κ1) is 12.9. The number of hydrogen-bond acceptors (Lipinski definition) is 2. The van der Waals surface area contributed by atoms with Crippen LogP contribution in [-0.2, 0) is 11.2 Å². The second-order valence-corrected chi connectivity index (χ2v) is 5.19. The summed E-state index contributed by atoms with van der Waals surface area (Å²) in [6.07, 6.45) is 0.977. The van der Waals surface area contributed by atoms with Crippen LogP contribution < -0.4 is 10.6 Å². The number of anilines is 1. The lowest BCUT2D eigenvalue weighted by Crippen LogP contribution is -2.38. The van der Waals surface area contributed by atoms with Crippen molar-refractivity contribution in [1.82, 2.24) is 5.32 Å². The number of carbonyl (C=O) groups is 1. The van der Waals surface area contributed by atoms with Crippen LogP contribution >= 0.6 is 0 Å². The number of rotatable bonds is 2. The molecular weight excluding hydrogens is 248 g/mol. The highest BCUT2D eigenvalue weighted by molar-refractivity contribution is 5.95. The standard InChI is InChI=1S/C17H18N2O/c1-12-6-8-14(9-7-12)19-17(20)16-15-5-3-2-4-13(15)10-11-18-16/h2-9,16,18H,10-11H2,1H3,(H,19,20). The van der Waals surface area contributed by atoms with Crippen LogP contribution in [-0.4, -0.2) is 12.5 Å². The minimum absolute atomic E-state index is 0.000929. The Bertz CT molecular complexity index is 619. The number of amides is 1. The van der Waals surface area contributed by atoms with E-state index in [-0.39, 0.29) is 11.9 Å². The Hall–Kier alpha value is -2.13. The van der Waals surface area contributed by atoms with Crippen LogP contribution in [0.1, 0.15) is 22.7 Å². The van der Waals surface area contributed by atoms with Gasteiger partial charge in [-0.25, -0.2) is 0 Å². The van der Waals surface area contributed by atoms with Crippen LogP contribution in [0.25, 0.3) is 0 Å². The van der Waals surface area contributed by atoms with Gasteiger partial charge in [-0.05, 0) is 36.6 Å². The Kier molecular flexibility index (Phi) is 3.52. The third-order valence-electron chi connectivity index (χ3n) is 3.69. The summed E-state index contributed by atoms with van der Waals surface area (Å²) in [6, 6.07) is 15.7. The molecule has 1 atom stereocenters. The largest absolute Gasteiger partial charge is 0.324 e. The fraction of sp³-hybridized carbons (Fsp3) is 0.235. The lowest BCUT2D eigenvalue weighted by Gasteiger charge is -2.26. The van der Waals surface area contributed by atoms with Gasteiger partial charge in [-0.15, -0.1) is 0 Å². The molecule has 102 valence electrons. The number of hydrogen-bond donors (Lipinski definition) is 2. The van der Waals surface area contributed by atoms with Crippen LogP contribution in [0.2, 0.25) is 0 Å². The minimum Gasteiger partial charge on any atom is -0.324 e. The molecule has 20 heavy (non-hydrogen) atoms. The van der Waals surface area contributed by atoms with Gasteiger partial charge in [0.2, 0.25) is 5.91 Å². The SMILES string of the molecule is Cc1ccc(NC(=O)C2NCCc3ccccc32)cc1. The molecule has 2 N–H and O–H groups in total. The van der Waals surface area contributed by atoms with Crippen molar-refractivity contribution in [2.24, 2.45) is 0 Å². The van der Waals surface area contributed by atoms with E-state index in [9.17, 15) is 4.79 Å². The van der Waals surface area contributed by atoms with Crippen molar-refractivity contribution >= 4 is 11.6 Å². The Labute approximate surface area is 119 Å². The Morgan fingerprint density at radius 2 is 1.90 bits per heavy atom. The van der Waals surface area contributed by atoms with E-state index >= 15 is 0 Å². The van der Waals surface area contributed by atoms with Gasteiger partial charge in [-0.2, -0.15) is 0 Å². The van der Waals surface area contributed by atoms with Crippen molar-refractivity contribution in [2.45, 2.75) is 19.4 Å². The van der Waals surface area contributed by atoms with E-state index in [2.05, 4.69) is 16.7 Å². The van der Waals surface area contributed by atoms with Gasteiger partial charge in [0.25, 0.3) is 0 Å². The van der Waals surface area contributed by atoms with Crippen LogP contribution in [0.5, 0.6) is 0 Å². The van der Waals surface area contributed by atoms with Crippen LogP contribution in [0.15, 0.2) is 48.5 Å². The Morgan fingerprint density at radius 1 is 1.15 bits per heavy atom. The maximum atomic E-state index is 12.4. The van der Waals surface area contributed by atoms with Gasteiger partial charge in [0.15, 0.2) is 0 Å². The fourth-order valence-corrected chi connectivity index (χ4v) is 2.59. The van der Waals surface area contributed by atoms with Crippen LogP contribution in [0.3, 0.4) is 0 Å². The van der Waals surface area contributed by atoms with Crippen molar-refractivity contribution in [3.63, 3.8) is 0 Å². The average molecular weight is 266 g/mol. The third-order valence-corrected chi connectivity index (χ3v) is 3.69. The molecule has 0 radical (unpaired) electrons. The van der Waals surface area contributed by atoms with Gasteiger partial charge in [0.1, 0.15) is 6.04 Å². The molecule has 1 aliphatic heterocycles. The van der Waals surface area contributed by atoms with E-state index in [0.717, 1.165) is 24.2 Å². The number of aryl methyl sites for hydroxylation is 1. The minimum atomic E-state index is -0.263. The van der Waals surface area contributed by atoms with Crippen molar-refractivity contribution in [1.29, 1.82) is 0 Å². The molecule has 1 aliphatic rings. The second kappa shape index (κ2) is 5.47. The second-order valence-electron chi connectivity index (χ2n) is 5.19. The topological polar surface area (TPSA) is 41.1 Å². The summed E-state index contributed by atoms with van der Waals surface area (Å²) in [7, 11) is 0. The molecule has 2 aromatic rings. The van der Waals surface area contributed by atoms with Gasteiger partial charge in [0, 0.05) is 12.2 Å². The molecule has 3 heteroatoms. The molecule has 1 unspecified atom stereocenters. The predicted molar refractivity (Wildman–Crippen MR) is 80.7 cm³/mol. The summed E-state index contributed by atoms with van der Waals surface area (Å²) < 4.78 is 0. The van der Waals surface area contributed by atoms with Crippen molar-refractivity contribution < 1.29 is 4.79 Å². The van der Waals surface area contributed by atoms with E-state index < -0.39 is 0 Å². The molecule has 0 saturated heterocycles.